The molecule has 3 N–H and O–H groups in total. The fraction of sp³-hybridized carbons (Fsp3) is 0.765. The van der Waals surface area contributed by atoms with Crippen molar-refractivity contribution >= 4 is 22.4 Å². The number of nitrogens with zero attached hydrogens (tertiary/aromatic N) is 2. The minimum absolute atomic E-state index is 0.0500. The highest BCUT2D eigenvalue weighted by Crippen LogP contribution is 2.26. The van der Waals surface area contributed by atoms with Crippen LogP contribution in [-0.2, 0) is 11.3 Å². The van der Waals surface area contributed by atoms with Crippen LogP contribution in [0.5, 0.6) is 0 Å². The van der Waals surface area contributed by atoms with Crippen molar-refractivity contribution in [3.63, 3.8) is 0 Å². The SMILES string of the molecule is CC1CCCN(Cc2csc(NC(=O)C3CCCC(N)C3)n2)C1. The molecule has 3 atom stereocenters. The van der Waals surface area contributed by atoms with Gasteiger partial charge in [0, 0.05) is 30.4 Å². The monoisotopic (exact) mass is 336 g/mol. The van der Waals surface area contributed by atoms with E-state index in [9.17, 15) is 4.79 Å². The van der Waals surface area contributed by atoms with Crippen LogP contribution in [0.15, 0.2) is 5.38 Å². The number of nitrogens with two attached hydrogens (primary N) is 1. The summed E-state index contributed by atoms with van der Waals surface area (Å²) in [4.78, 5) is 19.4. The topological polar surface area (TPSA) is 71.2 Å². The van der Waals surface area contributed by atoms with E-state index in [0.29, 0.717) is 0 Å². The van der Waals surface area contributed by atoms with Crippen molar-refractivity contribution in [3.05, 3.63) is 11.1 Å². The maximum atomic E-state index is 12.3. The molecular weight excluding hydrogens is 308 g/mol. The number of likely N-dealkylation sites (tertiary alicyclic amines) is 1. The van der Waals surface area contributed by atoms with Crippen molar-refractivity contribution in [2.75, 3.05) is 18.4 Å². The van der Waals surface area contributed by atoms with Gasteiger partial charge in [0.05, 0.1) is 5.69 Å². The van der Waals surface area contributed by atoms with E-state index < -0.39 is 0 Å². The number of thiazole rings is 1. The van der Waals surface area contributed by atoms with Crippen molar-refractivity contribution in [2.45, 2.75) is 58.0 Å². The van der Waals surface area contributed by atoms with Gasteiger partial charge < -0.3 is 11.1 Å². The number of hydrogen-bond acceptors (Lipinski definition) is 5. The second-order valence-corrected chi connectivity index (χ2v) is 8.10. The van der Waals surface area contributed by atoms with Crippen LogP contribution < -0.4 is 11.1 Å². The van der Waals surface area contributed by atoms with E-state index in [1.54, 1.807) is 0 Å². The van der Waals surface area contributed by atoms with E-state index in [2.05, 4.69) is 27.5 Å². The Kier molecular flexibility index (Phi) is 5.67. The Balaban J connectivity index is 1.51. The lowest BCUT2D eigenvalue weighted by Crippen LogP contribution is -2.34. The molecule has 1 aliphatic heterocycles. The Morgan fingerprint density at radius 3 is 3.09 bits per heavy atom. The molecule has 5 nitrogen and oxygen atoms in total. The highest BCUT2D eigenvalue weighted by molar-refractivity contribution is 7.13. The number of amides is 1. The maximum Gasteiger partial charge on any atom is 0.229 e. The first-order chi connectivity index (χ1) is 11.1. The van der Waals surface area contributed by atoms with Gasteiger partial charge >= 0.3 is 0 Å². The van der Waals surface area contributed by atoms with E-state index in [1.165, 1.54) is 24.2 Å². The van der Waals surface area contributed by atoms with E-state index in [-0.39, 0.29) is 17.9 Å². The minimum Gasteiger partial charge on any atom is -0.328 e. The van der Waals surface area contributed by atoms with Crippen molar-refractivity contribution in [1.82, 2.24) is 9.88 Å². The Hall–Kier alpha value is -0.980. The van der Waals surface area contributed by atoms with Gasteiger partial charge in [0.25, 0.3) is 0 Å². The molecule has 0 radical (unpaired) electrons. The molecule has 2 aliphatic rings. The fourth-order valence-corrected chi connectivity index (χ4v) is 4.47. The quantitative estimate of drug-likeness (QED) is 0.887. The third kappa shape index (κ3) is 4.75. The van der Waals surface area contributed by atoms with E-state index >= 15 is 0 Å². The van der Waals surface area contributed by atoms with E-state index in [0.717, 1.165) is 62.1 Å². The van der Waals surface area contributed by atoms with Crippen LogP contribution in [0.25, 0.3) is 0 Å². The summed E-state index contributed by atoms with van der Waals surface area (Å²) in [5, 5.41) is 5.79. The van der Waals surface area contributed by atoms with Gasteiger partial charge in [0.2, 0.25) is 5.91 Å². The summed E-state index contributed by atoms with van der Waals surface area (Å²) in [6.45, 7) is 5.52. The van der Waals surface area contributed by atoms with Crippen LogP contribution in [-0.4, -0.2) is 34.9 Å². The van der Waals surface area contributed by atoms with Crippen molar-refractivity contribution < 1.29 is 4.79 Å². The zero-order valence-corrected chi connectivity index (χ0v) is 14.8. The zero-order chi connectivity index (χ0) is 16.2. The third-order valence-electron chi connectivity index (χ3n) is 4.99. The average Bonchev–Trinajstić information content (AvgIpc) is 2.94. The van der Waals surface area contributed by atoms with Gasteiger partial charge in [0.1, 0.15) is 0 Å². The largest absolute Gasteiger partial charge is 0.328 e. The van der Waals surface area contributed by atoms with Gasteiger partial charge in [0.15, 0.2) is 5.13 Å². The normalized spacial score (nSPS) is 29.4. The number of piperidine rings is 1. The molecular formula is C17H28N4OS. The summed E-state index contributed by atoms with van der Waals surface area (Å²) in [5.41, 5.74) is 7.05. The molecule has 1 aliphatic carbocycles. The first-order valence-electron chi connectivity index (χ1n) is 8.83. The predicted molar refractivity (Wildman–Crippen MR) is 94.4 cm³/mol. The van der Waals surface area contributed by atoms with Gasteiger partial charge in [-0.1, -0.05) is 13.3 Å². The smallest absolute Gasteiger partial charge is 0.229 e. The highest BCUT2D eigenvalue weighted by Gasteiger charge is 2.26. The van der Waals surface area contributed by atoms with Crippen molar-refractivity contribution in [1.29, 1.82) is 0 Å². The number of anilines is 1. The van der Waals surface area contributed by atoms with Crippen LogP contribution in [0.3, 0.4) is 0 Å². The summed E-state index contributed by atoms with van der Waals surface area (Å²) < 4.78 is 0. The fourth-order valence-electron chi connectivity index (χ4n) is 3.77. The molecule has 1 aromatic rings. The highest BCUT2D eigenvalue weighted by atomic mass is 32.1. The van der Waals surface area contributed by atoms with Crippen molar-refractivity contribution in [2.24, 2.45) is 17.6 Å². The number of hydrogen-bond donors (Lipinski definition) is 2. The van der Waals surface area contributed by atoms with Gasteiger partial charge in [-0.3, -0.25) is 9.69 Å². The van der Waals surface area contributed by atoms with Gasteiger partial charge in [-0.15, -0.1) is 11.3 Å². The number of nitrogens with one attached hydrogen (secondary N) is 1. The van der Waals surface area contributed by atoms with Gasteiger partial charge in [-0.05, 0) is 44.6 Å². The van der Waals surface area contributed by atoms with E-state index in [4.69, 9.17) is 5.73 Å². The molecule has 23 heavy (non-hydrogen) atoms. The van der Waals surface area contributed by atoms with Crippen LogP contribution in [0, 0.1) is 11.8 Å². The predicted octanol–water partition coefficient (Wildman–Crippen LogP) is 2.83. The van der Waals surface area contributed by atoms with Crippen molar-refractivity contribution in [3.8, 4) is 0 Å². The van der Waals surface area contributed by atoms with Crippen LogP contribution in [0.2, 0.25) is 0 Å². The molecule has 1 amide bonds. The molecule has 0 spiro atoms. The number of carbonyl (C=O) groups excluding carboxylic acids is 1. The Morgan fingerprint density at radius 2 is 2.30 bits per heavy atom. The molecule has 2 fully saturated rings. The third-order valence-corrected chi connectivity index (χ3v) is 5.80. The maximum absolute atomic E-state index is 12.3. The second-order valence-electron chi connectivity index (χ2n) is 7.24. The molecule has 0 bridgehead atoms. The summed E-state index contributed by atoms with van der Waals surface area (Å²) in [6.07, 6.45) is 6.45. The Labute approximate surface area is 142 Å². The lowest BCUT2D eigenvalue weighted by Gasteiger charge is -2.30. The lowest BCUT2D eigenvalue weighted by molar-refractivity contribution is -0.120. The molecule has 2 heterocycles. The van der Waals surface area contributed by atoms with Crippen LogP contribution in [0.1, 0.15) is 51.1 Å². The standard InChI is InChI=1S/C17H28N4OS/c1-12-4-3-7-21(9-12)10-15-11-23-17(19-15)20-16(22)13-5-2-6-14(18)8-13/h11-14H,2-10,18H2,1H3,(H,19,20,22). The molecule has 128 valence electrons. The van der Waals surface area contributed by atoms with E-state index in [1.807, 2.05) is 0 Å². The Bertz CT molecular complexity index is 532. The molecule has 1 saturated heterocycles. The van der Waals surface area contributed by atoms with Crippen LogP contribution >= 0.6 is 11.3 Å². The first-order valence-corrected chi connectivity index (χ1v) is 9.71. The number of rotatable bonds is 4. The minimum atomic E-state index is 0.0500. The van der Waals surface area contributed by atoms with Crippen LogP contribution in [0.4, 0.5) is 5.13 Å². The molecule has 3 unspecified atom stereocenters. The average molecular weight is 337 g/mol. The van der Waals surface area contributed by atoms with Gasteiger partial charge in [-0.25, -0.2) is 4.98 Å². The number of carbonyl (C=O) groups is 1. The molecule has 3 rings (SSSR count). The summed E-state index contributed by atoms with van der Waals surface area (Å²) in [6, 6.07) is 0.174. The van der Waals surface area contributed by atoms with Gasteiger partial charge in [-0.2, -0.15) is 0 Å². The zero-order valence-electron chi connectivity index (χ0n) is 14.0. The first kappa shape index (κ1) is 16.9. The summed E-state index contributed by atoms with van der Waals surface area (Å²) in [7, 11) is 0. The molecule has 1 aromatic heterocycles. The molecule has 0 aromatic carbocycles. The second kappa shape index (κ2) is 7.73. The molecule has 1 saturated carbocycles. The summed E-state index contributed by atoms with van der Waals surface area (Å²) >= 11 is 1.53. The summed E-state index contributed by atoms with van der Waals surface area (Å²) in [5.74, 6) is 0.916. The molecule has 6 heteroatoms. The Morgan fingerprint density at radius 1 is 1.43 bits per heavy atom. The lowest BCUT2D eigenvalue weighted by atomic mass is 9.86. The number of aromatic nitrogens is 1.